The summed E-state index contributed by atoms with van der Waals surface area (Å²) in [6.07, 6.45) is -1.89. The lowest BCUT2D eigenvalue weighted by Gasteiger charge is -2.25. The van der Waals surface area contributed by atoms with Gasteiger partial charge in [-0.2, -0.15) is 13.2 Å². The van der Waals surface area contributed by atoms with Crippen LogP contribution in [0.5, 0.6) is 0 Å². The zero-order valence-corrected chi connectivity index (χ0v) is 11.5. The maximum Gasteiger partial charge on any atom is 0.416 e. The molecule has 1 aliphatic carbocycles. The molecule has 0 bridgehead atoms. The molecule has 0 aromatic heterocycles. The summed E-state index contributed by atoms with van der Waals surface area (Å²) in [6.45, 7) is 6.23. The second-order valence-electron chi connectivity index (χ2n) is 5.89. The molecule has 1 aromatic rings. The van der Waals surface area contributed by atoms with E-state index >= 15 is 0 Å². The fourth-order valence-corrected chi connectivity index (χ4v) is 2.29. The fourth-order valence-electron chi connectivity index (χ4n) is 2.29. The Kier molecular flexibility index (Phi) is 3.65. The fraction of sp³-hybridized carbons (Fsp3) is 0.600. The Morgan fingerprint density at radius 3 is 2.37 bits per heavy atom. The molecule has 0 saturated heterocycles. The number of halogens is 3. The average Bonchev–Trinajstić information content (AvgIpc) is 3.08. The molecular formula is C15H20F3N. The summed E-state index contributed by atoms with van der Waals surface area (Å²) >= 11 is 0. The van der Waals surface area contributed by atoms with Crippen molar-refractivity contribution in [3.05, 3.63) is 35.4 Å². The summed E-state index contributed by atoms with van der Waals surface area (Å²) in [5, 5.41) is 3.41. The van der Waals surface area contributed by atoms with Crippen molar-refractivity contribution in [3.8, 4) is 0 Å². The molecule has 1 saturated carbocycles. The third-order valence-corrected chi connectivity index (χ3v) is 4.30. The molecule has 0 aliphatic heterocycles. The zero-order valence-electron chi connectivity index (χ0n) is 11.5. The second-order valence-corrected chi connectivity index (χ2v) is 5.89. The summed E-state index contributed by atoms with van der Waals surface area (Å²) in [4.78, 5) is 0. The Labute approximate surface area is 112 Å². The van der Waals surface area contributed by atoms with E-state index in [1.54, 1.807) is 6.07 Å². The van der Waals surface area contributed by atoms with E-state index in [0.717, 1.165) is 6.07 Å². The minimum absolute atomic E-state index is 0.0743. The van der Waals surface area contributed by atoms with Gasteiger partial charge in [-0.15, -0.1) is 0 Å². The molecule has 0 heterocycles. The van der Waals surface area contributed by atoms with E-state index in [4.69, 9.17) is 0 Å². The lowest BCUT2D eigenvalue weighted by molar-refractivity contribution is -0.137. The van der Waals surface area contributed by atoms with Crippen molar-refractivity contribution >= 4 is 0 Å². The van der Waals surface area contributed by atoms with E-state index in [2.05, 4.69) is 19.2 Å². The van der Waals surface area contributed by atoms with Crippen LogP contribution in [-0.4, -0.2) is 6.04 Å². The monoisotopic (exact) mass is 271 g/mol. The molecule has 2 atom stereocenters. The number of hydrogen-bond donors (Lipinski definition) is 1. The number of nitrogens with one attached hydrogen (secondary N) is 1. The van der Waals surface area contributed by atoms with Gasteiger partial charge in [-0.05, 0) is 49.8 Å². The van der Waals surface area contributed by atoms with Crippen LogP contribution < -0.4 is 5.32 Å². The van der Waals surface area contributed by atoms with Crippen LogP contribution in [0.15, 0.2) is 24.3 Å². The number of benzene rings is 1. The van der Waals surface area contributed by atoms with Crippen molar-refractivity contribution in [1.29, 1.82) is 0 Å². The molecule has 106 valence electrons. The Morgan fingerprint density at radius 1 is 1.21 bits per heavy atom. The van der Waals surface area contributed by atoms with Crippen LogP contribution in [0.1, 0.15) is 50.8 Å². The topological polar surface area (TPSA) is 12.0 Å². The molecule has 2 unspecified atom stereocenters. The van der Waals surface area contributed by atoms with Gasteiger partial charge in [0, 0.05) is 12.1 Å². The van der Waals surface area contributed by atoms with E-state index < -0.39 is 11.7 Å². The van der Waals surface area contributed by atoms with Crippen LogP contribution in [0.4, 0.5) is 13.2 Å². The quantitative estimate of drug-likeness (QED) is 0.847. The number of hydrogen-bond acceptors (Lipinski definition) is 1. The molecule has 1 N–H and O–H groups in total. The van der Waals surface area contributed by atoms with Crippen molar-refractivity contribution in [2.75, 3.05) is 0 Å². The highest BCUT2D eigenvalue weighted by molar-refractivity contribution is 5.27. The summed E-state index contributed by atoms with van der Waals surface area (Å²) < 4.78 is 38.0. The standard InChI is InChI=1S/C15H20F3N/c1-10(19-11(2)14(3)7-8-14)12-5-4-6-13(9-12)15(16,17)18/h4-6,9-11,19H,7-8H2,1-3H3. The van der Waals surface area contributed by atoms with Crippen molar-refractivity contribution < 1.29 is 13.2 Å². The van der Waals surface area contributed by atoms with Gasteiger partial charge in [0.05, 0.1) is 5.56 Å². The average molecular weight is 271 g/mol. The lowest BCUT2D eigenvalue weighted by Crippen LogP contribution is -2.35. The van der Waals surface area contributed by atoms with Gasteiger partial charge >= 0.3 is 6.18 Å². The van der Waals surface area contributed by atoms with Gasteiger partial charge in [0.15, 0.2) is 0 Å². The van der Waals surface area contributed by atoms with Gasteiger partial charge < -0.3 is 5.32 Å². The second kappa shape index (κ2) is 4.82. The Bertz CT molecular complexity index is 449. The maximum atomic E-state index is 12.7. The molecule has 1 nitrogen and oxygen atoms in total. The predicted molar refractivity (Wildman–Crippen MR) is 69.8 cm³/mol. The normalized spacial score (nSPS) is 20.9. The van der Waals surface area contributed by atoms with Crippen LogP contribution in [0.25, 0.3) is 0 Å². The van der Waals surface area contributed by atoms with Crippen molar-refractivity contribution in [1.82, 2.24) is 5.32 Å². The van der Waals surface area contributed by atoms with Crippen molar-refractivity contribution in [2.24, 2.45) is 5.41 Å². The molecule has 19 heavy (non-hydrogen) atoms. The molecule has 1 aliphatic rings. The zero-order chi connectivity index (χ0) is 14.3. The first-order chi connectivity index (χ1) is 8.72. The largest absolute Gasteiger partial charge is 0.416 e. The van der Waals surface area contributed by atoms with Crippen molar-refractivity contribution in [3.63, 3.8) is 0 Å². The van der Waals surface area contributed by atoms with Crippen LogP contribution in [0.3, 0.4) is 0 Å². The molecular weight excluding hydrogens is 251 g/mol. The van der Waals surface area contributed by atoms with E-state index in [1.165, 1.54) is 25.0 Å². The van der Waals surface area contributed by atoms with E-state index in [0.29, 0.717) is 17.0 Å². The number of alkyl halides is 3. The minimum atomic E-state index is -4.27. The molecule has 4 heteroatoms. The molecule has 0 radical (unpaired) electrons. The van der Waals surface area contributed by atoms with Crippen LogP contribution in [-0.2, 0) is 6.18 Å². The highest BCUT2D eigenvalue weighted by Gasteiger charge is 2.42. The van der Waals surface area contributed by atoms with E-state index in [9.17, 15) is 13.2 Å². The third kappa shape index (κ3) is 3.30. The summed E-state index contributed by atoms with van der Waals surface area (Å²) in [6, 6.07) is 5.81. The molecule has 1 aromatic carbocycles. The van der Waals surface area contributed by atoms with Gasteiger partial charge in [-0.3, -0.25) is 0 Å². The Hall–Kier alpha value is -1.03. The first-order valence-electron chi connectivity index (χ1n) is 6.65. The van der Waals surface area contributed by atoms with E-state index in [1.807, 2.05) is 6.92 Å². The highest BCUT2D eigenvalue weighted by Crippen LogP contribution is 2.48. The highest BCUT2D eigenvalue weighted by atomic mass is 19.4. The molecule has 2 rings (SSSR count). The van der Waals surface area contributed by atoms with E-state index in [-0.39, 0.29) is 6.04 Å². The SMILES string of the molecule is CC(NC(C)C1(C)CC1)c1cccc(C(F)(F)F)c1. The maximum absolute atomic E-state index is 12.7. The van der Waals surface area contributed by atoms with Crippen molar-refractivity contribution in [2.45, 2.75) is 51.9 Å². The summed E-state index contributed by atoms with van der Waals surface area (Å²) in [7, 11) is 0. The van der Waals surface area contributed by atoms with Gasteiger partial charge in [0.1, 0.15) is 0 Å². The Balaban J connectivity index is 2.08. The van der Waals surface area contributed by atoms with Gasteiger partial charge in [0.2, 0.25) is 0 Å². The Morgan fingerprint density at radius 2 is 1.84 bits per heavy atom. The number of rotatable bonds is 4. The smallest absolute Gasteiger partial charge is 0.307 e. The van der Waals surface area contributed by atoms with Gasteiger partial charge in [0.25, 0.3) is 0 Å². The molecule has 0 spiro atoms. The third-order valence-electron chi connectivity index (χ3n) is 4.30. The van der Waals surface area contributed by atoms with Crippen LogP contribution >= 0.6 is 0 Å². The van der Waals surface area contributed by atoms with Crippen LogP contribution in [0, 0.1) is 5.41 Å². The van der Waals surface area contributed by atoms with Gasteiger partial charge in [-0.25, -0.2) is 0 Å². The minimum Gasteiger partial charge on any atom is -0.307 e. The first-order valence-corrected chi connectivity index (χ1v) is 6.65. The summed E-state index contributed by atoms with van der Waals surface area (Å²) in [5.74, 6) is 0. The molecule has 0 amide bonds. The predicted octanol–water partition coefficient (Wildman–Crippen LogP) is 4.54. The summed E-state index contributed by atoms with van der Waals surface area (Å²) in [5.41, 5.74) is 0.422. The van der Waals surface area contributed by atoms with Gasteiger partial charge in [-0.1, -0.05) is 19.1 Å². The first kappa shape index (κ1) is 14.4. The molecule has 1 fully saturated rings. The van der Waals surface area contributed by atoms with Crippen LogP contribution in [0.2, 0.25) is 0 Å². The lowest BCUT2D eigenvalue weighted by atomic mass is 9.98.